The molecule has 1 amide bonds. The number of pyridine rings is 1. The third-order valence-corrected chi connectivity index (χ3v) is 4.67. The van der Waals surface area contributed by atoms with E-state index in [-0.39, 0.29) is 18.1 Å². The Kier molecular flexibility index (Phi) is 3.57. The monoisotopic (exact) mass is 310 g/mol. The Morgan fingerprint density at radius 3 is 2.57 bits per heavy atom. The van der Waals surface area contributed by atoms with Crippen molar-refractivity contribution in [3.8, 4) is 0 Å². The van der Waals surface area contributed by atoms with Crippen molar-refractivity contribution in [2.24, 2.45) is 0 Å². The molecule has 2 aliphatic rings. The molecule has 4 nitrogen and oxygen atoms in total. The van der Waals surface area contributed by atoms with E-state index in [0.717, 1.165) is 22.2 Å². The van der Waals surface area contributed by atoms with E-state index < -0.39 is 0 Å². The number of rotatable bonds is 2. The van der Waals surface area contributed by atoms with Gasteiger partial charge in [0.1, 0.15) is 0 Å². The van der Waals surface area contributed by atoms with Gasteiger partial charge in [-0.15, -0.1) is 0 Å². The molecule has 2 atom stereocenters. The van der Waals surface area contributed by atoms with Crippen molar-refractivity contribution in [2.45, 2.75) is 44.8 Å². The molecule has 120 valence electrons. The highest BCUT2D eigenvalue weighted by atomic mass is 16.5. The Hall–Kier alpha value is -1.94. The Bertz CT molecular complexity index is 744. The van der Waals surface area contributed by atoms with Gasteiger partial charge < -0.3 is 9.64 Å². The Labute approximate surface area is 136 Å². The molecule has 0 radical (unpaired) electrons. The Morgan fingerprint density at radius 1 is 1.17 bits per heavy atom. The zero-order valence-electron chi connectivity index (χ0n) is 13.7. The van der Waals surface area contributed by atoms with Gasteiger partial charge in [0.25, 0.3) is 5.91 Å². The zero-order chi connectivity index (χ0) is 16.0. The van der Waals surface area contributed by atoms with Crippen LogP contribution in [0.25, 0.3) is 10.9 Å². The van der Waals surface area contributed by atoms with Crippen molar-refractivity contribution in [1.82, 2.24) is 9.88 Å². The van der Waals surface area contributed by atoms with Gasteiger partial charge in [0, 0.05) is 30.1 Å². The lowest BCUT2D eigenvalue weighted by Crippen LogP contribution is -2.48. The smallest absolute Gasteiger partial charge is 0.254 e. The van der Waals surface area contributed by atoms with E-state index in [0.29, 0.717) is 19.0 Å². The summed E-state index contributed by atoms with van der Waals surface area (Å²) in [5.74, 6) is 0.640. The predicted molar refractivity (Wildman–Crippen MR) is 89.6 cm³/mol. The van der Waals surface area contributed by atoms with E-state index in [1.165, 1.54) is 12.8 Å². The molecule has 1 aliphatic heterocycles. The number of nitrogens with zero attached hydrogens (tertiary/aromatic N) is 2. The number of benzene rings is 1. The van der Waals surface area contributed by atoms with Crippen LogP contribution < -0.4 is 0 Å². The van der Waals surface area contributed by atoms with Crippen LogP contribution >= 0.6 is 0 Å². The molecule has 23 heavy (non-hydrogen) atoms. The molecule has 1 aliphatic carbocycles. The first kappa shape index (κ1) is 14.6. The van der Waals surface area contributed by atoms with Crippen molar-refractivity contribution in [1.29, 1.82) is 0 Å². The highest BCUT2D eigenvalue weighted by molar-refractivity contribution is 6.06. The van der Waals surface area contributed by atoms with Crippen molar-refractivity contribution in [3.63, 3.8) is 0 Å². The summed E-state index contributed by atoms with van der Waals surface area (Å²) < 4.78 is 5.76. The summed E-state index contributed by atoms with van der Waals surface area (Å²) in [4.78, 5) is 19.8. The Balaban J connectivity index is 1.76. The standard InChI is InChI=1S/C19H22N2O2/c1-12-10-21(11-13(2)23-12)19(22)16-9-18(14-7-8-14)20-17-6-4-3-5-15(16)17/h3-6,9,12-14H,7-8,10-11H2,1-2H3/t12-,13+. The van der Waals surface area contributed by atoms with Crippen LogP contribution in [0.1, 0.15) is 48.7 Å². The van der Waals surface area contributed by atoms with Crippen LogP contribution in [-0.2, 0) is 4.74 Å². The van der Waals surface area contributed by atoms with Crippen molar-refractivity contribution in [3.05, 3.63) is 41.6 Å². The summed E-state index contributed by atoms with van der Waals surface area (Å²) in [6.45, 7) is 5.35. The van der Waals surface area contributed by atoms with Crippen molar-refractivity contribution >= 4 is 16.8 Å². The second kappa shape index (κ2) is 5.60. The first-order valence-electron chi connectivity index (χ1n) is 8.46. The fraction of sp³-hybridized carbons (Fsp3) is 0.474. The molecule has 2 heterocycles. The van der Waals surface area contributed by atoms with Crippen LogP contribution in [0.15, 0.2) is 30.3 Å². The number of morpholine rings is 1. The highest BCUT2D eigenvalue weighted by Crippen LogP contribution is 2.40. The fourth-order valence-electron chi connectivity index (χ4n) is 3.48. The molecule has 4 rings (SSSR count). The molecule has 0 N–H and O–H groups in total. The normalized spacial score (nSPS) is 24.9. The average Bonchev–Trinajstić information content (AvgIpc) is 3.37. The van der Waals surface area contributed by atoms with Crippen molar-refractivity contribution in [2.75, 3.05) is 13.1 Å². The number of hydrogen-bond donors (Lipinski definition) is 0. The number of aromatic nitrogens is 1. The molecule has 1 saturated heterocycles. The lowest BCUT2D eigenvalue weighted by atomic mass is 10.0. The van der Waals surface area contributed by atoms with Gasteiger partial charge in [-0.05, 0) is 38.8 Å². The minimum absolute atomic E-state index is 0.0821. The summed E-state index contributed by atoms with van der Waals surface area (Å²) in [6.07, 6.45) is 2.53. The number of fused-ring (bicyclic) bond motifs is 1. The van der Waals surface area contributed by atoms with E-state index in [1.807, 2.05) is 49.1 Å². The summed E-state index contributed by atoms with van der Waals surface area (Å²) in [5.41, 5.74) is 2.79. The van der Waals surface area contributed by atoms with E-state index in [9.17, 15) is 4.79 Å². The molecular weight excluding hydrogens is 288 g/mol. The van der Waals surface area contributed by atoms with Gasteiger partial charge in [-0.25, -0.2) is 0 Å². The second-order valence-corrected chi connectivity index (χ2v) is 6.85. The molecule has 1 saturated carbocycles. The lowest BCUT2D eigenvalue weighted by molar-refractivity contribution is -0.0585. The molecule has 0 spiro atoms. The summed E-state index contributed by atoms with van der Waals surface area (Å²) in [5, 5.41) is 0.952. The number of carbonyl (C=O) groups excluding carboxylic acids is 1. The lowest BCUT2D eigenvalue weighted by Gasteiger charge is -2.35. The fourth-order valence-corrected chi connectivity index (χ4v) is 3.48. The summed E-state index contributed by atoms with van der Waals surface area (Å²) >= 11 is 0. The summed E-state index contributed by atoms with van der Waals surface area (Å²) in [7, 11) is 0. The maximum Gasteiger partial charge on any atom is 0.254 e. The topological polar surface area (TPSA) is 42.4 Å². The molecule has 0 bridgehead atoms. The number of ether oxygens (including phenoxy) is 1. The van der Waals surface area contributed by atoms with E-state index in [4.69, 9.17) is 9.72 Å². The van der Waals surface area contributed by atoms with Crippen LogP contribution in [0.2, 0.25) is 0 Å². The SMILES string of the molecule is C[C@@H]1CN(C(=O)c2cc(C3CC3)nc3ccccc23)C[C@H](C)O1. The third-order valence-electron chi connectivity index (χ3n) is 4.67. The minimum atomic E-state index is 0.0821. The first-order chi connectivity index (χ1) is 11.1. The molecule has 1 aromatic carbocycles. The van der Waals surface area contributed by atoms with E-state index >= 15 is 0 Å². The Morgan fingerprint density at radius 2 is 1.87 bits per heavy atom. The maximum atomic E-state index is 13.1. The molecule has 4 heteroatoms. The van der Waals surface area contributed by atoms with Gasteiger partial charge in [0.2, 0.25) is 0 Å². The molecular formula is C19H22N2O2. The molecule has 1 aromatic heterocycles. The van der Waals surface area contributed by atoms with Crippen molar-refractivity contribution < 1.29 is 9.53 Å². The zero-order valence-corrected chi connectivity index (χ0v) is 13.7. The average molecular weight is 310 g/mol. The second-order valence-electron chi connectivity index (χ2n) is 6.85. The first-order valence-corrected chi connectivity index (χ1v) is 8.46. The van der Waals surface area contributed by atoms with Crippen LogP contribution in [0.3, 0.4) is 0 Å². The van der Waals surface area contributed by atoms with Crippen LogP contribution in [0.4, 0.5) is 0 Å². The van der Waals surface area contributed by atoms with Gasteiger partial charge in [0.15, 0.2) is 0 Å². The molecule has 2 aromatic rings. The van der Waals surface area contributed by atoms with Gasteiger partial charge in [0.05, 0.1) is 23.3 Å². The van der Waals surface area contributed by atoms with Gasteiger partial charge >= 0.3 is 0 Å². The number of amides is 1. The van der Waals surface area contributed by atoms with Gasteiger partial charge in [-0.3, -0.25) is 9.78 Å². The van der Waals surface area contributed by atoms with Gasteiger partial charge in [-0.1, -0.05) is 18.2 Å². The van der Waals surface area contributed by atoms with Gasteiger partial charge in [-0.2, -0.15) is 0 Å². The number of para-hydroxylation sites is 1. The van der Waals surface area contributed by atoms with Crippen LogP contribution in [-0.4, -0.2) is 41.1 Å². The molecule has 2 fully saturated rings. The maximum absolute atomic E-state index is 13.1. The largest absolute Gasteiger partial charge is 0.372 e. The number of hydrogen-bond acceptors (Lipinski definition) is 3. The summed E-state index contributed by atoms with van der Waals surface area (Å²) in [6, 6.07) is 9.98. The number of carbonyl (C=O) groups is 1. The third kappa shape index (κ3) is 2.83. The quantitative estimate of drug-likeness (QED) is 0.854. The van der Waals surface area contributed by atoms with Crippen LogP contribution in [0, 0.1) is 0 Å². The highest BCUT2D eigenvalue weighted by Gasteiger charge is 2.30. The van der Waals surface area contributed by atoms with E-state index in [2.05, 4.69) is 0 Å². The van der Waals surface area contributed by atoms with Crippen LogP contribution in [0.5, 0.6) is 0 Å². The predicted octanol–water partition coefficient (Wildman–Crippen LogP) is 3.36. The minimum Gasteiger partial charge on any atom is -0.372 e. The van der Waals surface area contributed by atoms with E-state index in [1.54, 1.807) is 0 Å². The molecule has 0 unspecified atom stereocenters.